The summed E-state index contributed by atoms with van der Waals surface area (Å²) in [7, 11) is 0. The second kappa shape index (κ2) is 8.88. The van der Waals surface area contributed by atoms with Crippen molar-refractivity contribution in [3.05, 3.63) is 107 Å². The summed E-state index contributed by atoms with van der Waals surface area (Å²) in [4.78, 5) is 28.9. The Hall–Kier alpha value is -3.18. The van der Waals surface area contributed by atoms with Crippen LogP contribution in [0, 0.1) is 0 Å². The Morgan fingerprint density at radius 3 is 1.86 bits per heavy atom. The molecule has 2 aromatic carbocycles. The molecule has 0 bridgehead atoms. The van der Waals surface area contributed by atoms with Crippen molar-refractivity contribution in [2.24, 2.45) is 0 Å². The van der Waals surface area contributed by atoms with Crippen LogP contribution in [-0.4, -0.2) is 46.5 Å². The van der Waals surface area contributed by atoms with Gasteiger partial charge in [-0.05, 0) is 17.2 Å². The van der Waals surface area contributed by atoms with E-state index in [2.05, 4.69) is 53.4 Å². The third kappa shape index (κ3) is 4.46. The number of rotatable bonds is 5. The number of carbonyl (C=O) groups is 1. The lowest BCUT2D eigenvalue weighted by molar-refractivity contribution is -0.133. The fourth-order valence-corrected chi connectivity index (χ4v) is 3.95. The highest BCUT2D eigenvalue weighted by Crippen LogP contribution is 2.29. The summed E-state index contributed by atoms with van der Waals surface area (Å²) < 4.78 is 1.46. The van der Waals surface area contributed by atoms with Gasteiger partial charge in [0.25, 0.3) is 5.56 Å². The van der Waals surface area contributed by atoms with Crippen molar-refractivity contribution in [1.82, 2.24) is 14.4 Å². The highest BCUT2D eigenvalue weighted by Gasteiger charge is 2.28. The van der Waals surface area contributed by atoms with Crippen LogP contribution in [0.4, 0.5) is 0 Å². The first-order valence-corrected chi connectivity index (χ1v) is 9.99. The second-order valence-electron chi connectivity index (χ2n) is 7.31. The number of pyridine rings is 1. The molecule has 4 rings (SSSR count). The predicted molar refractivity (Wildman–Crippen MR) is 114 cm³/mol. The van der Waals surface area contributed by atoms with Crippen molar-refractivity contribution in [3.63, 3.8) is 0 Å². The van der Waals surface area contributed by atoms with Crippen molar-refractivity contribution in [2.75, 3.05) is 26.2 Å². The fourth-order valence-electron chi connectivity index (χ4n) is 3.95. The number of hydrogen-bond acceptors (Lipinski definition) is 3. The molecule has 1 aliphatic heterocycles. The molecule has 29 heavy (non-hydrogen) atoms. The van der Waals surface area contributed by atoms with E-state index in [9.17, 15) is 9.59 Å². The van der Waals surface area contributed by atoms with Crippen LogP contribution in [0.2, 0.25) is 0 Å². The Bertz CT molecular complexity index is 954. The van der Waals surface area contributed by atoms with E-state index in [1.165, 1.54) is 21.8 Å². The zero-order valence-electron chi connectivity index (χ0n) is 16.4. The maximum absolute atomic E-state index is 12.7. The average Bonchev–Trinajstić information content (AvgIpc) is 2.77. The number of piperazine rings is 1. The monoisotopic (exact) mass is 387 g/mol. The molecule has 0 unspecified atom stereocenters. The van der Waals surface area contributed by atoms with Gasteiger partial charge in [-0.15, -0.1) is 0 Å². The summed E-state index contributed by atoms with van der Waals surface area (Å²) in [5.74, 6) is -0.00563. The molecule has 2 heterocycles. The van der Waals surface area contributed by atoms with Gasteiger partial charge < -0.3 is 9.47 Å². The van der Waals surface area contributed by atoms with Crippen molar-refractivity contribution in [1.29, 1.82) is 0 Å². The van der Waals surface area contributed by atoms with Gasteiger partial charge in [-0.25, -0.2) is 0 Å². The van der Waals surface area contributed by atoms with E-state index in [0.717, 1.165) is 13.1 Å². The number of hydrogen-bond donors (Lipinski definition) is 0. The van der Waals surface area contributed by atoms with E-state index in [0.29, 0.717) is 13.1 Å². The fraction of sp³-hybridized carbons (Fsp3) is 0.250. The van der Waals surface area contributed by atoms with Crippen molar-refractivity contribution in [3.8, 4) is 0 Å². The molecular weight excluding hydrogens is 362 g/mol. The van der Waals surface area contributed by atoms with E-state index in [1.807, 2.05) is 17.0 Å². The predicted octanol–water partition coefficient (Wildman–Crippen LogP) is 2.78. The molecule has 0 radical (unpaired) electrons. The summed E-state index contributed by atoms with van der Waals surface area (Å²) in [6.07, 6.45) is 1.66. The standard InChI is InChI=1S/C24H25N3O2/c28-22-13-7-8-14-27(22)19-23(29)25-15-17-26(18-16-25)24(20-9-3-1-4-10-20)21-11-5-2-6-12-21/h1-14,24H,15-19H2. The third-order valence-electron chi connectivity index (χ3n) is 5.47. The minimum Gasteiger partial charge on any atom is -0.339 e. The summed E-state index contributed by atoms with van der Waals surface area (Å²) in [5.41, 5.74) is 2.37. The average molecular weight is 387 g/mol. The smallest absolute Gasteiger partial charge is 0.250 e. The van der Waals surface area contributed by atoms with Crippen LogP contribution < -0.4 is 5.56 Å². The number of aromatic nitrogens is 1. The first-order valence-electron chi connectivity index (χ1n) is 9.99. The van der Waals surface area contributed by atoms with E-state index in [-0.39, 0.29) is 24.1 Å². The Balaban J connectivity index is 1.46. The molecule has 148 valence electrons. The van der Waals surface area contributed by atoms with Gasteiger partial charge in [-0.1, -0.05) is 66.7 Å². The molecule has 0 saturated carbocycles. The molecule has 1 aliphatic rings. The SMILES string of the molecule is O=C(Cn1ccccc1=O)N1CCN(C(c2ccccc2)c2ccccc2)CC1. The lowest BCUT2D eigenvalue weighted by atomic mass is 9.96. The van der Waals surface area contributed by atoms with Crippen LogP contribution in [0.1, 0.15) is 17.2 Å². The van der Waals surface area contributed by atoms with Crippen LogP contribution in [-0.2, 0) is 11.3 Å². The van der Waals surface area contributed by atoms with Gasteiger partial charge in [0.05, 0.1) is 6.04 Å². The highest BCUT2D eigenvalue weighted by atomic mass is 16.2. The molecular formula is C24H25N3O2. The first kappa shape index (κ1) is 19.2. The zero-order chi connectivity index (χ0) is 20.1. The third-order valence-corrected chi connectivity index (χ3v) is 5.47. The molecule has 1 aromatic heterocycles. The van der Waals surface area contributed by atoms with Crippen molar-refractivity contribution in [2.45, 2.75) is 12.6 Å². The highest BCUT2D eigenvalue weighted by molar-refractivity contribution is 5.76. The summed E-state index contributed by atoms with van der Waals surface area (Å²) in [6, 6.07) is 26.1. The Kier molecular flexibility index (Phi) is 5.86. The molecule has 0 atom stereocenters. The Morgan fingerprint density at radius 1 is 0.759 bits per heavy atom. The molecule has 0 spiro atoms. The Labute approximate surface area is 170 Å². The minimum absolute atomic E-state index is 0.00563. The van der Waals surface area contributed by atoms with Gasteiger partial charge >= 0.3 is 0 Å². The van der Waals surface area contributed by atoms with E-state index in [1.54, 1.807) is 18.3 Å². The quantitative estimate of drug-likeness (QED) is 0.676. The lowest BCUT2D eigenvalue weighted by Crippen LogP contribution is -2.51. The molecule has 1 fully saturated rings. The summed E-state index contributed by atoms with van der Waals surface area (Å²) >= 11 is 0. The normalized spacial score (nSPS) is 14.9. The van der Waals surface area contributed by atoms with Gasteiger partial charge in [0, 0.05) is 38.4 Å². The summed E-state index contributed by atoms with van der Waals surface area (Å²) in [5, 5.41) is 0. The maximum Gasteiger partial charge on any atom is 0.250 e. The Morgan fingerprint density at radius 2 is 1.31 bits per heavy atom. The van der Waals surface area contributed by atoms with E-state index >= 15 is 0 Å². The zero-order valence-corrected chi connectivity index (χ0v) is 16.4. The van der Waals surface area contributed by atoms with Gasteiger partial charge in [-0.3, -0.25) is 14.5 Å². The number of amides is 1. The molecule has 0 N–H and O–H groups in total. The number of carbonyl (C=O) groups excluding carboxylic acids is 1. The molecule has 5 heteroatoms. The molecule has 3 aromatic rings. The van der Waals surface area contributed by atoms with Crippen LogP contribution in [0.15, 0.2) is 89.9 Å². The topological polar surface area (TPSA) is 45.6 Å². The number of nitrogens with zero attached hydrogens (tertiary/aromatic N) is 3. The first-order chi connectivity index (χ1) is 14.2. The van der Waals surface area contributed by atoms with Crippen LogP contribution >= 0.6 is 0 Å². The molecule has 0 aliphatic carbocycles. The van der Waals surface area contributed by atoms with E-state index < -0.39 is 0 Å². The van der Waals surface area contributed by atoms with Gasteiger partial charge in [0.15, 0.2) is 0 Å². The van der Waals surface area contributed by atoms with Crippen molar-refractivity contribution >= 4 is 5.91 Å². The van der Waals surface area contributed by atoms with Crippen LogP contribution in [0.25, 0.3) is 0 Å². The second-order valence-corrected chi connectivity index (χ2v) is 7.31. The van der Waals surface area contributed by atoms with Crippen LogP contribution in [0.3, 0.4) is 0 Å². The minimum atomic E-state index is -0.146. The largest absolute Gasteiger partial charge is 0.339 e. The lowest BCUT2D eigenvalue weighted by Gasteiger charge is -2.39. The molecule has 1 amide bonds. The summed E-state index contributed by atoms with van der Waals surface area (Å²) in [6.45, 7) is 3.02. The van der Waals surface area contributed by atoms with E-state index in [4.69, 9.17) is 0 Å². The number of benzene rings is 2. The molecule has 5 nitrogen and oxygen atoms in total. The van der Waals surface area contributed by atoms with Crippen LogP contribution in [0.5, 0.6) is 0 Å². The molecule has 1 saturated heterocycles. The van der Waals surface area contributed by atoms with Gasteiger partial charge in [-0.2, -0.15) is 0 Å². The van der Waals surface area contributed by atoms with Gasteiger partial charge in [0.2, 0.25) is 5.91 Å². The van der Waals surface area contributed by atoms with Crippen molar-refractivity contribution < 1.29 is 4.79 Å². The maximum atomic E-state index is 12.7. The van der Waals surface area contributed by atoms with Gasteiger partial charge in [0.1, 0.15) is 6.54 Å².